The normalized spacial score (nSPS) is 13.4. The number of aryl methyl sites for hydroxylation is 1. The SMILES string of the molecule is CCN(CC)C(C)CS(=O)(=O)c1nnc(-c2ccc(C)cc2)o1. The fraction of sp³-hybridized carbons (Fsp3) is 0.500. The topological polar surface area (TPSA) is 76.3 Å². The number of hydrogen-bond acceptors (Lipinski definition) is 6. The van der Waals surface area contributed by atoms with E-state index in [-0.39, 0.29) is 22.9 Å². The van der Waals surface area contributed by atoms with Crippen LogP contribution in [-0.4, -0.2) is 48.4 Å². The fourth-order valence-corrected chi connectivity index (χ4v) is 3.85. The average molecular weight is 337 g/mol. The Morgan fingerprint density at radius 3 is 2.30 bits per heavy atom. The third-order valence-corrected chi connectivity index (χ3v) is 5.49. The van der Waals surface area contributed by atoms with Gasteiger partial charge in [0.2, 0.25) is 15.7 Å². The first-order valence-corrected chi connectivity index (χ1v) is 9.40. The van der Waals surface area contributed by atoms with Gasteiger partial charge < -0.3 is 9.32 Å². The average Bonchev–Trinajstić information content (AvgIpc) is 2.99. The number of hydrogen-bond donors (Lipinski definition) is 0. The number of sulfone groups is 1. The second kappa shape index (κ2) is 7.23. The van der Waals surface area contributed by atoms with Gasteiger partial charge in [0, 0.05) is 11.6 Å². The molecule has 0 N–H and O–H groups in total. The van der Waals surface area contributed by atoms with Crippen LogP contribution in [0, 0.1) is 6.92 Å². The van der Waals surface area contributed by atoms with Crippen molar-refractivity contribution in [3.63, 3.8) is 0 Å². The maximum Gasteiger partial charge on any atom is 0.335 e. The lowest BCUT2D eigenvalue weighted by Gasteiger charge is -2.25. The third kappa shape index (κ3) is 4.17. The summed E-state index contributed by atoms with van der Waals surface area (Å²) < 4.78 is 30.3. The molecule has 0 radical (unpaired) electrons. The van der Waals surface area contributed by atoms with E-state index in [0.717, 1.165) is 18.7 Å². The van der Waals surface area contributed by atoms with E-state index in [1.807, 2.05) is 52.0 Å². The molecule has 6 nitrogen and oxygen atoms in total. The molecule has 0 aliphatic heterocycles. The van der Waals surface area contributed by atoms with Crippen LogP contribution in [0.4, 0.5) is 0 Å². The lowest BCUT2D eigenvalue weighted by Crippen LogP contribution is -2.37. The number of nitrogens with zero attached hydrogens (tertiary/aromatic N) is 3. The predicted octanol–water partition coefficient (Wildman–Crippen LogP) is 2.55. The molecule has 23 heavy (non-hydrogen) atoms. The van der Waals surface area contributed by atoms with E-state index in [9.17, 15) is 8.42 Å². The molecule has 0 fully saturated rings. The molecule has 7 heteroatoms. The number of rotatable bonds is 7. The smallest absolute Gasteiger partial charge is 0.335 e. The zero-order chi connectivity index (χ0) is 17.0. The first-order valence-electron chi connectivity index (χ1n) is 7.74. The summed E-state index contributed by atoms with van der Waals surface area (Å²) in [5, 5.41) is 7.28. The lowest BCUT2D eigenvalue weighted by molar-refractivity contribution is 0.247. The summed E-state index contributed by atoms with van der Waals surface area (Å²) in [7, 11) is -3.60. The number of benzene rings is 1. The molecule has 0 aliphatic carbocycles. The van der Waals surface area contributed by atoms with Gasteiger partial charge in [-0.2, -0.15) is 0 Å². The molecule has 1 atom stereocenters. The summed E-state index contributed by atoms with van der Waals surface area (Å²) in [6.45, 7) is 9.48. The van der Waals surface area contributed by atoms with E-state index in [0.29, 0.717) is 5.56 Å². The van der Waals surface area contributed by atoms with Crippen molar-refractivity contribution in [2.75, 3.05) is 18.8 Å². The molecular formula is C16H23N3O3S. The number of aromatic nitrogens is 2. The van der Waals surface area contributed by atoms with Crippen LogP contribution in [0.2, 0.25) is 0 Å². The molecule has 1 heterocycles. The summed E-state index contributed by atoms with van der Waals surface area (Å²) >= 11 is 0. The van der Waals surface area contributed by atoms with E-state index in [1.54, 1.807) is 0 Å². The molecule has 1 unspecified atom stereocenters. The molecule has 2 aromatic rings. The molecule has 126 valence electrons. The van der Waals surface area contributed by atoms with E-state index in [4.69, 9.17) is 4.42 Å². The van der Waals surface area contributed by atoms with Crippen LogP contribution in [0.5, 0.6) is 0 Å². The molecule has 0 saturated carbocycles. The van der Waals surface area contributed by atoms with Crippen LogP contribution >= 0.6 is 0 Å². The summed E-state index contributed by atoms with van der Waals surface area (Å²) in [6, 6.07) is 7.38. The van der Waals surface area contributed by atoms with Crippen molar-refractivity contribution in [3.8, 4) is 11.5 Å². The van der Waals surface area contributed by atoms with Gasteiger partial charge in [0.05, 0.1) is 5.75 Å². The van der Waals surface area contributed by atoms with Crippen molar-refractivity contribution >= 4 is 9.84 Å². The van der Waals surface area contributed by atoms with Gasteiger partial charge in [-0.05, 0) is 39.1 Å². The third-order valence-electron chi connectivity index (χ3n) is 3.87. The second-order valence-electron chi connectivity index (χ2n) is 5.59. The first kappa shape index (κ1) is 17.6. The molecule has 0 saturated heterocycles. The van der Waals surface area contributed by atoms with Crippen molar-refractivity contribution in [2.45, 2.75) is 39.0 Å². The Bertz CT molecular complexity index is 734. The Morgan fingerprint density at radius 2 is 1.74 bits per heavy atom. The minimum absolute atomic E-state index is 0.0375. The quantitative estimate of drug-likeness (QED) is 0.773. The zero-order valence-electron chi connectivity index (χ0n) is 14.0. The van der Waals surface area contributed by atoms with Gasteiger partial charge in [-0.3, -0.25) is 0 Å². The van der Waals surface area contributed by atoms with Gasteiger partial charge in [-0.15, -0.1) is 5.10 Å². The summed E-state index contributed by atoms with van der Waals surface area (Å²) in [5.41, 5.74) is 1.82. The van der Waals surface area contributed by atoms with Crippen molar-refractivity contribution in [3.05, 3.63) is 29.8 Å². The van der Waals surface area contributed by atoms with Crippen LogP contribution < -0.4 is 0 Å². The molecule has 2 rings (SSSR count). The molecule has 0 bridgehead atoms. The van der Waals surface area contributed by atoms with E-state index >= 15 is 0 Å². The van der Waals surface area contributed by atoms with E-state index < -0.39 is 9.84 Å². The van der Waals surface area contributed by atoms with Crippen LogP contribution in [0.15, 0.2) is 33.9 Å². The lowest BCUT2D eigenvalue weighted by atomic mass is 10.1. The minimum Gasteiger partial charge on any atom is -0.408 e. The van der Waals surface area contributed by atoms with Crippen LogP contribution in [0.3, 0.4) is 0 Å². The van der Waals surface area contributed by atoms with Crippen LogP contribution in [0.1, 0.15) is 26.3 Å². The molecular weight excluding hydrogens is 314 g/mol. The standard InChI is InChI=1S/C16H23N3O3S/c1-5-19(6-2)13(4)11-23(20,21)16-18-17-15(22-16)14-9-7-12(3)8-10-14/h7-10,13H,5-6,11H2,1-4H3. The Morgan fingerprint density at radius 1 is 1.13 bits per heavy atom. The highest BCUT2D eigenvalue weighted by atomic mass is 32.2. The maximum absolute atomic E-state index is 12.5. The molecule has 1 aromatic heterocycles. The Balaban J connectivity index is 2.20. The van der Waals surface area contributed by atoms with Crippen molar-refractivity contribution in [1.82, 2.24) is 15.1 Å². The fourth-order valence-electron chi connectivity index (χ4n) is 2.49. The molecule has 1 aromatic carbocycles. The van der Waals surface area contributed by atoms with Crippen molar-refractivity contribution in [1.29, 1.82) is 0 Å². The monoisotopic (exact) mass is 337 g/mol. The van der Waals surface area contributed by atoms with Crippen molar-refractivity contribution in [2.24, 2.45) is 0 Å². The molecule has 0 spiro atoms. The highest BCUT2D eigenvalue weighted by molar-refractivity contribution is 7.91. The van der Waals surface area contributed by atoms with Crippen molar-refractivity contribution < 1.29 is 12.8 Å². The van der Waals surface area contributed by atoms with Gasteiger partial charge in [-0.25, -0.2) is 8.42 Å². The summed E-state index contributed by atoms with van der Waals surface area (Å²) in [6.07, 6.45) is 0. The van der Waals surface area contributed by atoms with E-state index in [2.05, 4.69) is 15.1 Å². The van der Waals surface area contributed by atoms with Gasteiger partial charge >= 0.3 is 5.22 Å². The Kier molecular flexibility index (Phi) is 5.54. The molecule has 0 aliphatic rings. The largest absolute Gasteiger partial charge is 0.408 e. The Hall–Kier alpha value is -1.73. The van der Waals surface area contributed by atoms with Crippen LogP contribution in [0.25, 0.3) is 11.5 Å². The van der Waals surface area contributed by atoms with E-state index in [1.165, 1.54) is 0 Å². The van der Waals surface area contributed by atoms with Gasteiger partial charge in [0.25, 0.3) is 0 Å². The summed E-state index contributed by atoms with van der Waals surface area (Å²) in [5.74, 6) is 0.184. The van der Waals surface area contributed by atoms with Crippen LogP contribution in [-0.2, 0) is 9.84 Å². The van der Waals surface area contributed by atoms with Gasteiger partial charge in [-0.1, -0.05) is 36.6 Å². The first-order chi connectivity index (χ1) is 10.9. The van der Waals surface area contributed by atoms with Gasteiger partial charge in [0.1, 0.15) is 0 Å². The second-order valence-corrected chi connectivity index (χ2v) is 7.50. The minimum atomic E-state index is -3.60. The zero-order valence-corrected chi connectivity index (χ0v) is 14.8. The molecule has 0 amide bonds. The maximum atomic E-state index is 12.5. The highest BCUT2D eigenvalue weighted by Gasteiger charge is 2.27. The predicted molar refractivity (Wildman–Crippen MR) is 88.9 cm³/mol. The Labute approximate surface area is 137 Å². The van der Waals surface area contributed by atoms with Gasteiger partial charge in [0.15, 0.2) is 0 Å². The highest BCUT2D eigenvalue weighted by Crippen LogP contribution is 2.21. The summed E-state index contributed by atoms with van der Waals surface area (Å²) in [4.78, 5) is 2.08.